The average Bonchev–Trinajstić information content (AvgIpc) is 3.06. The Bertz CT molecular complexity index is 972. The molecule has 154 valence electrons. The quantitative estimate of drug-likeness (QED) is 0.505. The van der Waals surface area contributed by atoms with Crippen LogP contribution in [-0.4, -0.2) is 68.4 Å². The summed E-state index contributed by atoms with van der Waals surface area (Å²) in [5.41, 5.74) is 1.13. The molecule has 1 atom stereocenters. The fourth-order valence-electron chi connectivity index (χ4n) is 3.39. The summed E-state index contributed by atoms with van der Waals surface area (Å²) in [6.07, 6.45) is 0.419. The van der Waals surface area contributed by atoms with Gasteiger partial charge in [-0.3, -0.25) is 14.6 Å². The normalized spacial score (nSPS) is 17.8. The monoisotopic (exact) mass is 416 g/mol. The average molecular weight is 416 g/mol. The van der Waals surface area contributed by atoms with Crippen LogP contribution in [0.15, 0.2) is 54.6 Å². The molecule has 1 aliphatic heterocycles. The largest absolute Gasteiger partial charge is 0.484 e. The van der Waals surface area contributed by atoms with Gasteiger partial charge in [-0.05, 0) is 30.7 Å². The molecule has 0 aliphatic carbocycles. The first-order chi connectivity index (χ1) is 13.8. The van der Waals surface area contributed by atoms with Crippen LogP contribution in [0.25, 0.3) is 0 Å². The summed E-state index contributed by atoms with van der Waals surface area (Å²) in [5.74, 6) is 0.108. The van der Waals surface area contributed by atoms with Crippen LogP contribution in [0.3, 0.4) is 0 Å². The van der Waals surface area contributed by atoms with Gasteiger partial charge in [-0.15, -0.1) is 0 Å². The molecule has 1 heterocycles. The van der Waals surface area contributed by atoms with E-state index in [4.69, 9.17) is 4.74 Å². The lowest BCUT2D eigenvalue weighted by Crippen LogP contribution is -2.51. The number of hydrogen-bond donors (Lipinski definition) is 0. The van der Waals surface area contributed by atoms with Crippen molar-refractivity contribution in [2.75, 3.05) is 32.2 Å². The van der Waals surface area contributed by atoms with Crippen molar-refractivity contribution < 1.29 is 22.7 Å². The summed E-state index contributed by atoms with van der Waals surface area (Å²) in [6.45, 7) is -0.222. The first-order valence-corrected chi connectivity index (χ1v) is 11.1. The third-order valence-corrected chi connectivity index (χ3v) is 6.51. The van der Waals surface area contributed by atoms with Crippen molar-refractivity contribution in [1.82, 2.24) is 10.0 Å². The number of carbonyl (C=O) groups is 2. The van der Waals surface area contributed by atoms with Gasteiger partial charge in [0.1, 0.15) is 5.75 Å². The van der Waals surface area contributed by atoms with Crippen LogP contribution in [0.2, 0.25) is 0 Å². The van der Waals surface area contributed by atoms with Gasteiger partial charge >= 0.3 is 0 Å². The summed E-state index contributed by atoms with van der Waals surface area (Å²) in [4.78, 5) is 25.1. The van der Waals surface area contributed by atoms with Crippen molar-refractivity contribution in [2.24, 2.45) is 0 Å². The summed E-state index contributed by atoms with van der Waals surface area (Å²) >= 11 is 0. The highest BCUT2D eigenvalue weighted by atomic mass is 32.2. The highest BCUT2D eigenvalue weighted by Crippen LogP contribution is 2.20. The smallest absolute Gasteiger partial charge is 0.275 e. The minimum absolute atomic E-state index is 0.0345. The Labute approximate surface area is 170 Å². The van der Waals surface area contributed by atoms with Gasteiger partial charge in [0.2, 0.25) is 0 Å². The van der Waals surface area contributed by atoms with Crippen LogP contribution < -0.4 is 4.74 Å². The van der Waals surface area contributed by atoms with Crippen LogP contribution in [0.5, 0.6) is 5.75 Å². The number of amides is 1. The van der Waals surface area contributed by atoms with E-state index < -0.39 is 9.84 Å². The number of rotatable bonds is 7. The zero-order valence-corrected chi connectivity index (χ0v) is 17.3. The number of sulfone groups is 1. The van der Waals surface area contributed by atoms with Crippen molar-refractivity contribution in [3.63, 3.8) is 0 Å². The topological polar surface area (TPSA) is 84.0 Å². The lowest BCUT2D eigenvalue weighted by molar-refractivity contribution is -0.151. The SMILES string of the molecule is CN(C)N(C(=O)COc1ccc(C(=O)c2ccccc2)cc1)[C@@H]1CCS(=O)(=O)C1. The van der Waals surface area contributed by atoms with Crippen molar-refractivity contribution in [3.8, 4) is 5.75 Å². The molecule has 29 heavy (non-hydrogen) atoms. The van der Waals surface area contributed by atoms with E-state index in [2.05, 4.69) is 0 Å². The Morgan fingerprint density at radius 1 is 1.00 bits per heavy atom. The van der Waals surface area contributed by atoms with Crippen LogP contribution in [0, 0.1) is 0 Å². The van der Waals surface area contributed by atoms with Gasteiger partial charge in [0, 0.05) is 25.2 Å². The Hall–Kier alpha value is -2.71. The van der Waals surface area contributed by atoms with E-state index in [-0.39, 0.29) is 35.8 Å². The molecule has 1 aliphatic rings. The minimum Gasteiger partial charge on any atom is -0.484 e. The predicted octanol–water partition coefficient (Wildman–Crippen LogP) is 1.79. The Kier molecular flexibility index (Phi) is 6.34. The van der Waals surface area contributed by atoms with E-state index in [9.17, 15) is 18.0 Å². The molecule has 0 N–H and O–H groups in total. The molecular formula is C21H24N2O5S. The lowest BCUT2D eigenvalue weighted by Gasteiger charge is -2.33. The van der Waals surface area contributed by atoms with Crippen molar-refractivity contribution in [3.05, 3.63) is 65.7 Å². The van der Waals surface area contributed by atoms with Crippen molar-refractivity contribution >= 4 is 21.5 Å². The van der Waals surface area contributed by atoms with Crippen LogP contribution >= 0.6 is 0 Å². The maximum Gasteiger partial charge on any atom is 0.275 e. The molecule has 2 aromatic carbocycles. The fraction of sp³-hybridized carbons (Fsp3) is 0.333. The van der Waals surface area contributed by atoms with Gasteiger partial charge < -0.3 is 4.74 Å². The van der Waals surface area contributed by atoms with Gasteiger partial charge in [-0.2, -0.15) is 0 Å². The van der Waals surface area contributed by atoms with Gasteiger partial charge in [0.15, 0.2) is 22.2 Å². The summed E-state index contributed by atoms with van der Waals surface area (Å²) in [6, 6.07) is 15.2. The molecule has 0 radical (unpaired) electrons. The third kappa shape index (κ3) is 5.21. The molecule has 0 spiro atoms. The number of ether oxygens (including phenoxy) is 1. The summed E-state index contributed by atoms with van der Waals surface area (Å²) in [5, 5.41) is 3.04. The maximum atomic E-state index is 12.6. The first-order valence-electron chi connectivity index (χ1n) is 9.29. The number of ketones is 1. The van der Waals surface area contributed by atoms with E-state index in [1.54, 1.807) is 55.5 Å². The molecule has 0 saturated carbocycles. The van der Waals surface area contributed by atoms with Crippen LogP contribution in [0.4, 0.5) is 0 Å². The molecular weight excluding hydrogens is 392 g/mol. The third-order valence-electron chi connectivity index (χ3n) is 4.76. The summed E-state index contributed by atoms with van der Waals surface area (Å²) in [7, 11) is 0.299. The molecule has 8 heteroatoms. The summed E-state index contributed by atoms with van der Waals surface area (Å²) < 4.78 is 29.1. The van der Waals surface area contributed by atoms with Crippen molar-refractivity contribution in [2.45, 2.75) is 12.5 Å². The van der Waals surface area contributed by atoms with E-state index in [1.165, 1.54) is 5.01 Å². The molecule has 7 nitrogen and oxygen atoms in total. The maximum absolute atomic E-state index is 12.6. The molecule has 1 fully saturated rings. The van der Waals surface area contributed by atoms with E-state index in [0.717, 1.165) is 0 Å². The minimum atomic E-state index is -3.10. The fourth-order valence-corrected chi connectivity index (χ4v) is 5.08. The predicted molar refractivity (Wildman–Crippen MR) is 109 cm³/mol. The molecule has 2 aromatic rings. The first kappa shape index (κ1) is 21.0. The second-order valence-electron chi connectivity index (χ2n) is 7.15. The van der Waals surface area contributed by atoms with Gasteiger partial charge in [-0.25, -0.2) is 13.4 Å². The number of hydrazine groups is 1. The molecule has 0 unspecified atom stereocenters. The Morgan fingerprint density at radius 3 is 2.17 bits per heavy atom. The van der Waals surface area contributed by atoms with Crippen molar-refractivity contribution in [1.29, 1.82) is 0 Å². The lowest BCUT2D eigenvalue weighted by atomic mass is 10.0. The molecule has 0 bridgehead atoms. The zero-order valence-electron chi connectivity index (χ0n) is 16.4. The van der Waals surface area contributed by atoms with Gasteiger partial charge in [0.25, 0.3) is 5.91 Å². The molecule has 3 rings (SSSR count). The van der Waals surface area contributed by atoms with E-state index in [1.807, 2.05) is 18.2 Å². The van der Waals surface area contributed by atoms with Crippen LogP contribution in [0.1, 0.15) is 22.3 Å². The van der Waals surface area contributed by atoms with Crippen LogP contribution in [-0.2, 0) is 14.6 Å². The Morgan fingerprint density at radius 2 is 1.62 bits per heavy atom. The van der Waals surface area contributed by atoms with Gasteiger partial charge in [0.05, 0.1) is 17.5 Å². The molecule has 0 aromatic heterocycles. The number of carbonyl (C=O) groups excluding carboxylic acids is 2. The second-order valence-corrected chi connectivity index (χ2v) is 9.38. The second kappa shape index (κ2) is 8.75. The number of hydrogen-bond acceptors (Lipinski definition) is 6. The zero-order chi connectivity index (χ0) is 21.0. The standard InChI is InChI=1S/C21H24N2O5S/c1-22(2)23(18-12-13-29(26,27)15-18)20(24)14-28-19-10-8-17(9-11-19)21(25)16-6-4-3-5-7-16/h3-11,18H,12-15H2,1-2H3/t18-/m1/s1. The molecule has 1 amide bonds. The highest BCUT2D eigenvalue weighted by Gasteiger charge is 2.36. The van der Waals surface area contributed by atoms with Gasteiger partial charge in [-0.1, -0.05) is 30.3 Å². The van der Waals surface area contributed by atoms with E-state index in [0.29, 0.717) is 23.3 Å². The Balaban J connectivity index is 1.61. The van der Waals surface area contributed by atoms with E-state index >= 15 is 0 Å². The molecule has 1 saturated heterocycles. The number of benzene rings is 2. The number of nitrogens with zero attached hydrogens (tertiary/aromatic N) is 2. The highest BCUT2D eigenvalue weighted by molar-refractivity contribution is 7.91.